The van der Waals surface area contributed by atoms with E-state index in [4.69, 9.17) is 9.47 Å². The van der Waals surface area contributed by atoms with Crippen LogP contribution in [0.4, 0.5) is 0 Å². The molecule has 0 radical (unpaired) electrons. The molecule has 0 N–H and O–H groups in total. The normalized spacial score (nSPS) is 11.4. The van der Waals surface area contributed by atoms with E-state index in [0.29, 0.717) is 25.9 Å². The van der Waals surface area contributed by atoms with Gasteiger partial charge in [-0.05, 0) is 12.8 Å². The molecule has 0 saturated heterocycles. The van der Waals surface area contributed by atoms with Gasteiger partial charge in [0.05, 0.1) is 54.2 Å². The van der Waals surface area contributed by atoms with Crippen LogP contribution in [0.2, 0.25) is 0 Å². The van der Waals surface area contributed by atoms with Crippen molar-refractivity contribution in [1.29, 1.82) is 0 Å². The highest BCUT2D eigenvalue weighted by Crippen LogP contribution is 2.14. The molecule has 0 aliphatic rings. The average Bonchev–Trinajstić information content (AvgIpc) is 2.87. The maximum atomic E-state index is 11.5. The van der Waals surface area contributed by atoms with Crippen LogP contribution in [-0.4, -0.2) is 82.4 Å². The lowest BCUT2D eigenvalue weighted by Crippen LogP contribution is -3.00. The van der Waals surface area contributed by atoms with Gasteiger partial charge in [0.2, 0.25) is 0 Å². The van der Waals surface area contributed by atoms with Crippen molar-refractivity contribution in [1.82, 2.24) is 4.90 Å². The standard InChI is InChI=1S/C30H61N2O4.BrH/c1-6-7-8-9-10-11-12-13-14-15-16-17-18-19-20-21-27-32(2,3)28-26-31(24-22-29(33)35-4)25-23-30(34)36-5;/h6-28H2,1-5H3;1H/q+1;/p-1. The molecule has 6 nitrogen and oxygen atoms in total. The zero-order valence-corrected chi connectivity index (χ0v) is 26.8. The Labute approximate surface area is 240 Å². The second-order valence-electron chi connectivity index (χ2n) is 11.2. The SMILES string of the molecule is CCCCCCCCCCCCCCCCCC[N+](C)(C)CCN(CCC(=O)OC)CCC(=O)OC.[Br-]. The van der Waals surface area contributed by atoms with Gasteiger partial charge in [-0.1, -0.05) is 96.8 Å². The highest BCUT2D eigenvalue weighted by Gasteiger charge is 2.18. The Morgan fingerprint density at radius 1 is 0.568 bits per heavy atom. The van der Waals surface area contributed by atoms with Crippen LogP contribution in [0, 0.1) is 0 Å². The van der Waals surface area contributed by atoms with Crippen molar-refractivity contribution in [3.63, 3.8) is 0 Å². The van der Waals surface area contributed by atoms with Gasteiger partial charge in [0.1, 0.15) is 0 Å². The minimum Gasteiger partial charge on any atom is -1.00 e. The summed E-state index contributed by atoms with van der Waals surface area (Å²) >= 11 is 0. The molecule has 0 unspecified atom stereocenters. The molecule has 0 aliphatic heterocycles. The first-order chi connectivity index (χ1) is 17.3. The van der Waals surface area contributed by atoms with E-state index in [1.54, 1.807) is 0 Å². The highest BCUT2D eigenvalue weighted by atomic mass is 79.9. The molecule has 0 rings (SSSR count). The Morgan fingerprint density at radius 3 is 1.27 bits per heavy atom. The van der Waals surface area contributed by atoms with E-state index in [1.807, 2.05) is 0 Å². The lowest BCUT2D eigenvalue weighted by Gasteiger charge is -2.32. The Kier molecular flexibility index (Phi) is 28.0. The Balaban J connectivity index is 0. The Hall–Kier alpha value is -0.660. The fourth-order valence-corrected chi connectivity index (χ4v) is 4.65. The maximum absolute atomic E-state index is 11.5. The molecular formula is C30H61BrN2O4. The number of rotatable bonds is 26. The number of hydrogen-bond acceptors (Lipinski definition) is 5. The molecule has 0 aromatic rings. The summed E-state index contributed by atoms with van der Waals surface area (Å²) < 4.78 is 10.5. The van der Waals surface area contributed by atoms with Gasteiger partial charge in [-0.3, -0.25) is 14.5 Å². The molecule has 0 heterocycles. The summed E-state index contributed by atoms with van der Waals surface area (Å²) in [4.78, 5) is 25.3. The molecule has 222 valence electrons. The number of unbranched alkanes of at least 4 members (excludes halogenated alkanes) is 15. The number of halogens is 1. The zero-order chi connectivity index (χ0) is 26.9. The molecule has 0 amide bonds. The van der Waals surface area contributed by atoms with E-state index >= 15 is 0 Å². The fourth-order valence-electron chi connectivity index (χ4n) is 4.65. The third-order valence-corrected chi connectivity index (χ3v) is 7.36. The molecule has 0 aromatic carbocycles. The fraction of sp³-hybridized carbons (Fsp3) is 0.933. The minimum atomic E-state index is -0.208. The van der Waals surface area contributed by atoms with Gasteiger partial charge in [0, 0.05) is 19.6 Å². The number of ether oxygens (including phenoxy) is 2. The van der Waals surface area contributed by atoms with Crippen LogP contribution in [0.1, 0.15) is 122 Å². The first-order valence-corrected chi connectivity index (χ1v) is 15.0. The predicted octanol–water partition coefficient (Wildman–Crippen LogP) is 3.76. The molecule has 0 aliphatic carbocycles. The van der Waals surface area contributed by atoms with Crippen LogP contribution >= 0.6 is 0 Å². The van der Waals surface area contributed by atoms with Gasteiger partial charge in [-0.25, -0.2) is 0 Å². The van der Waals surface area contributed by atoms with E-state index in [2.05, 4.69) is 25.9 Å². The molecule has 0 spiro atoms. The summed E-state index contributed by atoms with van der Waals surface area (Å²) in [7, 11) is 7.40. The average molecular weight is 594 g/mol. The van der Waals surface area contributed by atoms with Crippen molar-refractivity contribution in [2.24, 2.45) is 0 Å². The smallest absolute Gasteiger partial charge is 0.306 e. The van der Waals surface area contributed by atoms with Gasteiger partial charge in [0.25, 0.3) is 0 Å². The first-order valence-electron chi connectivity index (χ1n) is 15.0. The number of methoxy groups -OCH3 is 2. The van der Waals surface area contributed by atoms with Crippen LogP contribution in [0.3, 0.4) is 0 Å². The van der Waals surface area contributed by atoms with Gasteiger partial charge < -0.3 is 30.9 Å². The van der Waals surface area contributed by atoms with Crippen LogP contribution in [-0.2, 0) is 19.1 Å². The zero-order valence-electron chi connectivity index (χ0n) is 25.2. The molecular weight excluding hydrogens is 532 g/mol. The third-order valence-electron chi connectivity index (χ3n) is 7.36. The summed E-state index contributed by atoms with van der Waals surface area (Å²) in [5.41, 5.74) is 0. The molecule has 0 atom stereocenters. The first kappa shape index (κ1) is 38.5. The molecule has 7 heteroatoms. The number of carbonyl (C=O) groups is 2. The number of carbonyl (C=O) groups excluding carboxylic acids is 2. The number of nitrogens with zero attached hydrogens (tertiary/aromatic N) is 2. The van der Waals surface area contributed by atoms with Gasteiger partial charge in [-0.2, -0.15) is 0 Å². The molecule has 0 saturated carbocycles. The highest BCUT2D eigenvalue weighted by molar-refractivity contribution is 5.70. The number of esters is 2. The van der Waals surface area contributed by atoms with Crippen molar-refractivity contribution in [2.75, 3.05) is 61.0 Å². The molecule has 37 heavy (non-hydrogen) atoms. The number of likely N-dealkylation sites (N-methyl/N-ethyl adjacent to an activating group) is 1. The largest absolute Gasteiger partial charge is 1.00 e. The van der Waals surface area contributed by atoms with Crippen molar-refractivity contribution in [3.05, 3.63) is 0 Å². The van der Waals surface area contributed by atoms with E-state index < -0.39 is 0 Å². The summed E-state index contributed by atoms with van der Waals surface area (Å²) in [6.45, 7) is 6.54. The molecule has 0 aromatic heterocycles. The maximum Gasteiger partial charge on any atom is 0.306 e. The lowest BCUT2D eigenvalue weighted by molar-refractivity contribution is -0.890. The third kappa shape index (κ3) is 26.7. The van der Waals surface area contributed by atoms with Crippen molar-refractivity contribution >= 4 is 11.9 Å². The quantitative estimate of drug-likeness (QED) is 0.0869. The van der Waals surface area contributed by atoms with Crippen molar-refractivity contribution in [2.45, 2.75) is 122 Å². The van der Waals surface area contributed by atoms with E-state index in [-0.39, 0.29) is 28.9 Å². The van der Waals surface area contributed by atoms with Gasteiger partial charge in [-0.15, -0.1) is 0 Å². The predicted molar refractivity (Wildman–Crippen MR) is 151 cm³/mol. The Bertz CT molecular complexity index is 512. The van der Waals surface area contributed by atoms with Crippen LogP contribution in [0.25, 0.3) is 0 Å². The van der Waals surface area contributed by atoms with E-state index in [1.165, 1.54) is 123 Å². The van der Waals surface area contributed by atoms with Crippen molar-refractivity contribution in [3.8, 4) is 0 Å². The topological polar surface area (TPSA) is 55.8 Å². The van der Waals surface area contributed by atoms with Crippen LogP contribution in [0.5, 0.6) is 0 Å². The van der Waals surface area contributed by atoms with Crippen LogP contribution in [0.15, 0.2) is 0 Å². The van der Waals surface area contributed by atoms with E-state index in [0.717, 1.165) is 17.6 Å². The van der Waals surface area contributed by atoms with Crippen molar-refractivity contribution < 1.29 is 40.5 Å². The monoisotopic (exact) mass is 592 g/mol. The number of quaternary nitrogens is 1. The summed E-state index contributed by atoms with van der Waals surface area (Å²) in [6.07, 6.45) is 23.0. The number of hydrogen-bond donors (Lipinski definition) is 0. The lowest BCUT2D eigenvalue weighted by atomic mass is 10.0. The summed E-state index contributed by atoms with van der Waals surface area (Å²) in [5, 5.41) is 0. The van der Waals surface area contributed by atoms with E-state index in [9.17, 15) is 9.59 Å². The summed E-state index contributed by atoms with van der Waals surface area (Å²) in [6, 6.07) is 0. The second kappa shape index (κ2) is 26.9. The minimum absolute atomic E-state index is 0. The molecule has 0 bridgehead atoms. The van der Waals surface area contributed by atoms with Gasteiger partial charge >= 0.3 is 11.9 Å². The second-order valence-corrected chi connectivity index (χ2v) is 11.2. The van der Waals surface area contributed by atoms with Gasteiger partial charge in [0.15, 0.2) is 0 Å². The molecule has 0 fully saturated rings. The Morgan fingerprint density at radius 2 is 0.919 bits per heavy atom. The van der Waals surface area contributed by atoms with Crippen LogP contribution < -0.4 is 17.0 Å². The summed E-state index contributed by atoms with van der Waals surface area (Å²) in [5.74, 6) is -0.417.